The van der Waals surface area contributed by atoms with Crippen LogP contribution < -0.4 is 4.74 Å². The highest BCUT2D eigenvalue weighted by Gasteiger charge is 2.28. The molecule has 132 valence electrons. The Morgan fingerprint density at radius 3 is 2.42 bits per heavy atom. The van der Waals surface area contributed by atoms with Gasteiger partial charge in [-0.1, -0.05) is 24.1 Å². The highest BCUT2D eigenvalue weighted by Crippen LogP contribution is 2.24. The van der Waals surface area contributed by atoms with E-state index in [9.17, 15) is 9.59 Å². The van der Waals surface area contributed by atoms with Crippen LogP contribution in [0.25, 0.3) is 0 Å². The van der Waals surface area contributed by atoms with Gasteiger partial charge in [0.1, 0.15) is 11.5 Å². The van der Waals surface area contributed by atoms with Crippen LogP contribution in [0.3, 0.4) is 0 Å². The lowest BCUT2D eigenvalue weighted by molar-refractivity contribution is -0.126. The van der Waals surface area contributed by atoms with Crippen molar-refractivity contribution in [1.29, 1.82) is 0 Å². The minimum Gasteiger partial charge on any atom is -0.457 e. The maximum absolute atomic E-state index is 12.8. The van der Waals surface area contributed by atoms with Crippen molar-refractivity contribution in [3.8, 4) is 23.3 Å². The van der Waals surface area contributed by atoms with Gasteiger partial charge in [0.05, 0.1) is 0 Å². The molecule has 1 aliphatic heterocycles. The Hall–Kier alpha value is -3.06. The van der Waals surface area contributed by atoms with Crippen LogP contribution in [0.5, 0.6) is 11.5 Å². The number of carbonyl (C=O) groups is 2. The first-order chi connectivity index (χ1) is 12.7. The molecular weight excluding hydrogens is 326 g/mol. The number of carbonyl (C=O) groups excluding carboxylic acids is 2. The van der Waals surface area contributed by atoms with Crippen molar-refractivity contribution in [2.75, 3.05) is 13.1 Å². The smallest absolute Gasteiger partial charge is 0.298 e. The normalized spacial score (nSPS) is 16.3. The standard InChI is InChI=1S/C22H21NO3/c1-2-7-21(24)23-15-6-8-18(16-23)22(25)17-11-13-20(14-12-17)26-19-9-4-3-5-10-19/h3-5,9-14,18H,6,8,15-16H2,1H3. The molecule has 1 unspecified atom stereocenters. The summed E-state index contributed by atoms with van der Waals surface area (Å²) in [5, 5.41) is 0. The molecule has 4 nitrogen and oxygen atoms in total. The molecule has 3 rings (SSSR count). The Bertz CT molecular complexity index is 831. The van der Waals surface area contributed by atoms with E-state index < -0.39 is 0 Å². The number of para-hydroxylation sites is 1. The van der Waals surface area contributed by atoms with Crippen molar-refractivity contribution in [1.82, 2.24) is 4.90 Å². The highest BCUT2D eigenvalue weighted by molar-refractivity contribution is 5.99. The number of piperidine rings is 1. The van der Waals surface area contributed by atoms with Gasteiger partial charge in [-0.15, -0.1) is 0 Å². The molecule has 1 aliphatic rings. The van der Waals surface area contributed by atoms with E-state index in [4.69, 9.17) is 4.74 Å². The topological polar surface area (TPSA) is 46.6 Å². The molecule has 0 saturated carbocycles. The predicted octanol–water partition coefficient (Wildman–Crippen LogP) is 3.92. The van der Waals surface area contributed by atoms with Gasteiger partial charge in [0.25, 0.3) is 5.91 Å². The zero-order valence-corrected chi connectivity index (χ0v) is 14.8. The van der Waals surface area contributed by atoms with Crippen LogP contribution in [0.1, 0.15) is 30.1 Å². The molecule has 1 saturated heterocycles. The van der Waals surface area contributed by atoms with Gasteiger partial charge < -0.3 is 9.64 Å². The number of amides is 1. The van der Waals surface area contributed by atoms with Crippen molar-refractivity contribution < 1.29 is 14.3 Å². The molecule has 0 aliphatic carbocycles. The first-order valence-electron chi connectivity index (χ1n) is 8.76. The maximum Gasteiger partial charge on any atom is 0.298 e. The van der Waals surface area contributed by atoms with Crippen LogP contribution in [0, 0.1) is 17.8 Å². The Morgan fingerprint density at radius 2 is 1.73 bits per heavy atom. The molecule has 1 atom stereocenters. The van der Waals surface area contributed by atoms with E-state index in [0.717, 1.165) is 18.6 Å². The SMILES string of the molecule is CC#CC(=O)N1CCCC(C(=O)c2ccc(Oc3ccccc3)cc2)C1. The molecule has 0 radical (unpaired) electrons. The van der Waals surface area contributed by atoms with Crippen LogP contribution in [0.15, 0.2) is 54.6 Å². The van der Waals surface area contributed by atoms with E-state index in [2.05, 4.69) is 11.8 Å². The molecule has 1 amide bonds. The third kappa shape index (κ3) is 4.31. The van der Waals surface area contributed by atoms with Crippen molar-refractivity contribution >= 4 is 11.7 Å². The number of Topliss-reactive ketones (excluding diaryl/α,β-unsaturated/α-hetero) is 1. The maximum atomic E-state index is 12.8. The second kappa shape index (κ2) is 8.35. The fourth-order valence-corrected chi connectivity index (χ4v) is 3.11. The Labute approximate surface area is 153 Å². The summed E-state index contributed by atoms with van der Waals surface area (Å²) in [5.74, 6) is 6.32. The van der Waals surface area contributed by atoms with E-state index in [0.29, 0.717) is 24.4 Å². The zero-order chi connectivity index (χ0) is 18.4. The lowest BCUT2D eigenvalue weighted by Crippen LogP contribution is -2.41. The van der Waals surface area contributed by atoms with Gasteiger partial charge in [-0.2, -0.15) is 0 Å². The fraction of sp³-hybridized carbons (Fsp3) is 0.273. The first-order valence-corrected chi connectivity index (χ1v) is 8.76. The van der Waals surface area contributed by atoms with Gasteiger partial charge in [0, 0.05) is 24.6 Å². The Morgan fingerprint density at radius 1 is 1.04 bits per heavy atom. The molecular formula is C22H21NO3. The van der Waals surface area contributed by atoms with Crippen molar-refractivity contribution in [3.05, 3.63) is 60.2 Å². The largest absolute Gasteiger partial charge is 0.457 e. The Balaban J connectivity index is 1.65. The number of hydrogen-bond acceptors (Lipinski definition) is 3. The van der Waals surface area contributed by atoms with Gasteiger partial charge in [0.2, 0.25) is 0 Å². The van der Waals surface area contributed by atoms with Crippen LogP contribution in [-0.2, 0) is 4.79 Å². The van der Waals surface area contributed by atoms with Crippen molar-refractivity contribution in [2.45, 2.75) is 19.8 Å². The number of ether oxygens (including phenoxy) is 1. The number of hydrogen-bond donors (Lipinski definition) is 0. The number of ketones is 1. The minimum atomic E-state index is -0.198. The quantitative estimate of drug-likeness (QED) is 0.622. The molecule has 26 heavy (non-hydrogen) atoms. The average Bonchev–Trinajstić information content (AvgIpc) is 2.69. The number of rotatable bonds is 4. The molecule has 0 bridgehead atoms. The Kier molecular flexibility index (Phi) is 5.70. The zero-order valence-electron chi connectivity index (χ0n) is 14.8. The average molecular weight is 347 g/mol. The van der Waals surface area contributed by atoms with Crippen LogP contribution in [-0.4, -0.2) is 29.7 Å². The number of likely N-dealkylation sites (tertiary alicyclic amines) is 1. The minimum absolute atomic E-state index is 0.0678. The monoisotopic (exact) mass is 347 g/mol. The number of nitrogens with zero attached hydrogens (tertiary/aromatic N) is 1. The molecule has 1 fully saturated rings. The first kappa shape index (κ1) is 17.8. The molecule has 0 spiro atoms. The number of benzene rings is 2. The lowest BCUT2D eigenvalue weighted by atomic mass is 9.90. The predicted molar refractivity (Wildman–Crippen MR) is 100 cm³/mol. The lowest BCUT2D eigenvalue weighted by Gasteiger charge is -2.30. The molecule has 4 heteroatoms. The second-order valence-electron chi connectivity index (χ2n) is 6.27. The summed E-state index contributed by atoms with van der Waals surface area (Å²) < 4.78 is 5.75. The van der Waals surface area contributed by atoms with E-state index in [1.165, 1.54) is 0 Å². The molecule has 0 N–H and O–H groups in total. The summed E-state index contributed by atoms with van der Waals surface area (Å²) in [6.45, 7) is 2.75. The third-order valence-electron chi connectivity index (χ3n) is 4.43. The van der Waals surface area contributed by atoms with Gasteiger partial charge in [-0.05, 0) is 62.1 Å². The molecule has 2 aromatic rings. The highest BCUT2D eigenvalue weighted by atomic mass is 16.5. The summed E-state index contributed by atoms with van der Waals surface area (Å²) in [7, 11) is 0. The van der Waals surface area contributed by atoms with Gasteiger partial charge in [0.15, 0.2) is 5.78 Å². The van der Waals surface area contributed by atoms with Crippen LogP contribution in [0.2, 0.25) is 0 Å². The van der Waals surface area contributed by atoms with Crippen molar-refractivity contribution in [3.63, 3.8) is 0 Å². The summed E-state index contributed by atoms with van der Waals surface area (Å²) in [4.78, 5) is 26.4. The van der Waals surface area contributed by atoms with E-state index in [1.807, 2.05) is 30.3 Å². The second-order valence-corrected chi connectivity index (χ2v) is 6.27. The van der Waals surface area contributed by atoms with Gasteiger partial charge in [-0.25, -0.2) is 0 Å². The van der Waals surface area contributed by atoms with Gasteiger partial charge >= 0.3 is 0 Å². The van der Waals surface area contributed by atoms with Gasteiger partial charge in [-0.3, -0.25) is 9.59 Å². The molecule has 0 aromatic heterocycles. The van der Waals surface area contributed by atoms with Crippen molar-refractivity contribution in [2.24, 2.45) is 5.92 Å². The van der Waals surface area contributed by atoms with Crippen LogP contribution in [0.4, 0.5) is 0 Å². The summed E-state index contributed by atoms with van der Waals surface area (Å²) in [5.41, 5.74) is 0.645. The van der Waals surface area contributed by atoms with Crippen LogP contribution >= 0.6 is 0 Å². The fourth-order valence-electron chi connectivity index (χ4n) is 3.11. The van der Waals surface area contributed by atoms with E-state index >= 15 is 0 Å². The molecule has 2 aromatic carbocycles. The summed E-state index contributed by atoms with van der Waals surface area (Å²) in [6.07, 6.45) is 1.62. The summed E-state index contributed by atoms with van der Waals surface area (Å²) >= 11 is 0. The third-order valence-corrected chi connectivity index (χ3v) is 4.43. The summed E-state index contributed by atoms with van der Waals surface area (Å²) in [6, 6.07) is 16.7. The van der Waals surface area contributed by atoms with E-state index in [1.54, 1.807) is 36.1 Å². The molecule has 1 heterocycles. The van der Waals surface area contributed by atoms with E-state index in [-0.39, 0.29) is 17.6 Å².